The lowest BCUT2D eigenvalue weighted by molar-refractivity contribution is -0.121. The van der Waals surface area contributed by atoms with Gasteiger partial charge in [-0.05, 0) is 45.7 Å². The van der Waals surface area contributed by atoms with Crippen LogP contribution in [-0.2, 0) is 14.3 Å². The lowest BCUT2D eigenvalue weighted by Gasteiger charge is -2.33. The molecule has 0 radical (unpaired) electrons. The maximum atomic E-state index is 12.7. The molecule has 0 bridgehead atoms. The highest BCUT2D eigenvalue weighted by Crippen LogP contribution is 2.33. The van der Waals surface area contributed by atoms with Crippen molar-refractivity contribution in [2.24, 2.45) is 5.92 Å². The number of likely N-dealkylation sites (tertiary alicyclic amines) is 1. The molecule has 0 atom stereocenters. The van der Waals surface area contributed by atoms with Crippen molar-refractivity contribution >= 4 is 29.3 Å². The molecule has 0 aliphatic carbocycles. The van der Waals surface area contributed by atoms with Gasteiger partial charge in [0.2, 0.25) is 5.91 Å². The summed E-state index contributed by atoms with van der Waals surface area (Å²) in [5.74, 6) is 0.132. The summed E-state index contributed by atoms with van der Waals surface area (Å²) in [4.78, 5) is 26.5. The van der Waals surface area contributed by atoms with Crippen LogP contribution in [-0.4, -0.2) is 55.9 Å². The van der Waals surface area contributed by atoms with Gasteiger partial charge in [-0.2, -0.15) is 0 Å². The van der Waals surface area contributed by atoms with Crippen molar-refractivity contribution in [2.75, 3.05) is 38.7 Å². The minimum absolute atomic E-state index is 0.109. The van der Waals surface area contributed by atoms with Crippen LogP contribution in [0.5, 0.6) is 5.75 Å². The van der Waals surface area contributed by atoms with Gasteiger partial charge in [-0.25, -0.2) is 4.79 Å². The van der Waals surface area contributed by atoms with Crippen molar-refractivity contribution in [3.63, 3.8) is 0 Å². The zero-order valence-corrected chi connectivity index (χ0v) is 17.7. The Morgan fingerprint density at radius 1 is 1.21 bits per heavy atom. The fraction of sp³-hybridized carbons (Fsp3) is 0.600. The highest BCUT2D eigenvalue weighted by Gasteiger charge is 2.30. The summed E-state index contributed by atoms with van der Waals surface area (Å²) in [6.45, 7) is 7.23. The molecule has 1 aliphatic rings. The molecule has 1 fully saturated rings. The number of methoxy groups -OCH3 is 1. The van der Waals surface area contributed by atoms with Crippen molar-refractivity contribution in [3.8, 4) is 5.75 Å². The number of benzene rings is 1. The van der Waals surface area contributed by atoms with Crippen LogP contribution in [0.2, 0.25) is 5.02 Å². The quantitative estimate of drug-likeness (QED) is 0.716. The Balaban J connectivity index is 1.93. The molecule has 1 N–H and O–H groups in total. The van der Waals surface area contributed by atoms with E-state index in [-0.39, 0.29) is 17.9 Å². The van der Waals surface area contributed by atoms with E-state index < -0.39 is 5.60 Å². The highest BCUT2D eigenvalue weighted by molar-refractivity contribution is 6.32. The number of nitrogens with zero attached hydrogens (tertiary/aromatic N) is 1. The number of anilines is 1. The van der Waals surface area contributed by atoms with Gasteiger partial charge in [-0.1, -0.05) is 17.7 Å². The van der Waals surface area contributed by atoms with E-state index in [0.717, 1.165) is 0 Å². The molecule has 1 aromatic carbocycles. The Morgan fingerprint density at radius 3 is 2.50 bits per heavy atom. The van der Waals surface area contributed by atoms with Crippen molar-refractivity contribution < 1.29 is 23.8 Å². The van der Waals surface area contributed by atoms with Gasteiger partial charge in [-0.3, -0.25) is 4.79 Å². The number of halogens is 1. The van der Waals surface area contributed by atoms with Crippen LogP contribution in [0.4, 0.5) is 10.5 Å². The van der Waals surface area contributed by atoms with Crippen molar-refractivity contribution in [1.82, 2.24) is 4.90 Å². The van der Waals surface area contributed by atoms with E-state index in [4.69, 9.17) is 25.8 Å². The Bertz CT molecular complexity index is 682. The number of carbonyl (C=O) groups is 2. The summed E-state index contributed by atoms with van der Waals surface area (Å²) >= 11 is 6.21. The molecule has 0 unspecified atom stereocenters. The monoisotopic (exact) mass is 412 g/mol. The van der Waals surface area contributed by atoms with Crippen molar-refractivity contribution in [1.29, 1.82) is 0 Å². The first-order chi connectivity index (χ1) is 13.2. The number of piperidine rings is 1. The van der Waals surface area contributed by atoms with E-state index in [9.17, 15) is 9.59 Å². The minimum atomic E-state index is -0.531. The second kappa shape index (κ2) is 9.98. The van der Waals surface area contributed by atoms with Crippen LogP contribution in [0.25, 0.3) is 0 Å². The number of hydrogen-bond donors (Lipinski definition) is 1. The van der Waals surface area contributed by atoms with Crippen LogP contribution in [0.3, 0.4) is 0 Å². The number of amides is 2. The van der Waals surface area contributed by atoms with Crippen molar-refractivity contribution in [3.05, 3.63) is 23.2 Å². The standard InChI is InChI=1S/C20H29ClN2O5/c1-20(2,3)28-19(25)23-10-8-14(9-11-23)18(24)22-16-7-5-6-15(21)17(16)27-13-12-26-4/h5-7,14H,8-13H2,1-4H3,(H,22,24). The minimum Gasteiger partial charge on any atom is -0.487 e. The Hall–Kier alpha value is -1.99. The largest absolute Gasteiger partial charge is 0.487 e. The predicted octanol–water partition coefficient (Wildman–Crippen LogP) is 3.95. The fourth-order valence-corrected chi connectivity index (χ4v) is 3.10. The first-order valence-electron chi connectivity index (χ1n) is 9.40. The molecule has 156 valence electrons. The maximum absolute atomic E-state index is 12.7. The summed E-state index contributed by atoms with van der Waals surface area (Å²) in [5, 5.41) is 3.33. The average Bonchev–Trinajstić information content (AvgIpc) is 2.62. The van der Waals surface area contributed by atoms with Gasteiger partial charge >= 0.3 is 6.09 Å². The van der Waals surface area contributed by atoms with Crippen LogP contribution in [0.1, 0.15) is 33.6 Å². The number of ether oxygens (including phenoxy) is 3. The van der Waals surface area contributed by atoms with Gasteiger partial charge in [0.1, 0.15) is 12.2 Å². The smallest absolute Gasteiger partial charge is 0.410 e. The Labute approximate surface area is 171 Å². The van der Waals surface area contributed by atoms with Crippen LogP contribution in [0, 0.1) is 5.92 Å². The predicted molar refractivity (Wildman–Crippen MR) is 108 cm³/mol. The SMILES string of the molecule is COCCOc1c(Cl)cccc1NC(=O)C1CCN(C(=O)OC(C)(C)C)CC1. The van der Waals surface area contributed by atoms with Crippen LogP contribution >= 0.6 is 11.6 Å². The van der Waals surface area contributed by atoms with Gasteiger partial charge in [0.15, 0.2) is 5.75 Å². The van der Waals surface area contributed by atoms with E-state index >= 15 is 0 Å². The van der Waals surface area contributed by atoms with E-state index in [1.165, 1.54) is 0 Å². The number of hydrogen-bond acceptors (Lipinski definition) is 5. The summed E-state index contributed by atoms with van der Waals surface area (Å²) in [6.07, 6.45) is 0.812. The van der Waals surface area contributed by atoms with Gasteiger partial charge in [-0.15, -0.1) is 0 Å². The third-order valence-corrected chi connectivity index (χ3v) is 4.57. The molecule has 1 heterocycles. The molecular weight excluding hydrogens is 384 g/mol. The third-order valence-electron chi connectivity index (χ3n) is 4.28. The van der Waals surface area contributed by atoms with E-state index in [1.807, 2.05) is 20.8 Å². The summed E-state index contributed by atoms with van der Waals surface area (Å²) in [6, 6.07) is 5.21. The van der Waals surface area contributed by atoms with Crippen LogP contribution < -0.4 is 10.1 Å². The van der Waals surface area contributed by atoms with Gasteiger partial charge in [0.05, 0.1) is 17.3 Å². The molecule has 2 rings (SSSR count). The molecular formula is C20H29ClN2O5. The van der Waals surface area contributed by atoms with Gasteiger partial charge in [0.25, 0.3) is 0 Å². The van der Waals surface area contributed by atoms with Crippen molar-refractivity contribution in [2.45, 2.75) is 39.2 Å². The van der Waals surface area contributed by atoms with Crippen LogP contribution in [0.15, 0.2) is 18.2 Å². The zero-order chi connectivity index (χ0) is 20.7. The molecule has 0 aromatic heterocycles. The molecule has 0 spiro atoms. The lowest BCUT2D eigenvalue weighted by atomic mass is 9.96. The Kier molecular flexibility index (Phi) is 7.95. The lowest BCUT2D eigenvalue weighted by Crippen LogP contribution is -2.43. The molecule has 8 heteroatoms. The zero-order valence-electron chi connectivity index (χ0n) is 16.9. The second-order valence-corrected chi connectivity index (χ2v) is 8.10. The average molecular weight is 413 g/mol. The van der Waals surface area contributed by atoms with Gasteiger partial charge < -0.3 is 24.4 Å². The molecule has 2 amide bonds. The molecule has 28 heavy (non-hydrogen) atoms. The van der Waals surface area contributed by atoms with E-state index in [1.54, 1.807) is 30.2 Å². The number of nitrogens with one attached hydrogen (secondary N) is 1. The molecule has 1 saturated heterocycles. The first-order valence-corrected chi connectivity index (χ1v) is 9.78. The summed E-state index contributed by atoms with van der Waals surface area (Å²) < 4.78 is 16.0. The molecule has 1 aliphatic heterocycles. The molecule has 0 saturated carbocycles. The Morgan fingerprint density at radius 2 is 1.89 bits per heavy atom. The van der Waals surface area contributed by atoms with E-state index in [2.05, 4.69) is 5.32 Å². The number of para-hydroxylation sites is 1. The molecule has 7 nitrogen and oxygen atoms in total. The normalized spacial score (nSPS) is 15.2. The maximum Gasteiger partial charge on any atom is 0.410 e. The summed E-state index contributed by atoms with van der Waals surface area (Å²) in [5.41, 5.74) is 0.0000641. The fourth-order valence-electron chi connectivity index (χ4n) is 2.87. The molecule has 1 aromatic rings. The topological polar surface area (TPSA) is 77.1 Å². The summed E-state index contributed by atoms with van der Waals surface area (Å²) in [7, 11) is 1.59. The highest BCUT2D eigenvalue weighted by atomic mass is 35.5. The van der Waals surface area contributed by atoms with Gasteiger partial charge in [0, 0.05) is 26.1 Å². The number of rotatable bonds is 6. The second-order valence-electron chi connectivity index (χ2n) is 7.69. The first kappa shape index (κ1) is 22.3. The number of carbonyl (C=O) groups excluding carboxylic acids is 2. The van der Waals surface area contributed by atoms with E-state index in [0.29, 0.717) is 55.6 Å². The third kappa shape index (κ3) is 6.56.